The van der Waals surface area contributed by atoms with Gasteiger partial charge in [-0.2, -0.15) is 0 Å². The van der Waals surface area contributed by atoms with Crippen LogP contribution in [0.4, 0.5) is 0 Å². The van der Waals surface area contributed by atoms with E-state index in [-0.39, 0.29) is 83.2 Å². The number of likely N-dealkylation sites (N-methyl/N-ethyl adjacent to an activating group) is 2. The molecule has 0 aromatic heterocycles. The number of ether oxygens (including phenoxy) is 2. The molecule has 1 aromatic carbocycles. The number of rotatable bonds is 35. The fraction of sp³-hybridized carbons (Fsp3) is 0.770. The molecule has 80 heavy (non-hydrogen) atoms. The van der Waals surface area contributed by atoms with Crippen LogP contribution < -0.4 is 10.6 Å². The summed E-state index contributed by atoms with van der Waals surface area (Å²) in [4.78, 5) is 116. The molecule has 0 aliphatic carbocycles. The van der Waals surface area contributed by atoms with Crippen molar-refractivity contribution in [2.24, 2.45) is 29.6 Å². The summed E-state index contributed by atoms with van der Waals surface area (Å²) < 4.78 is 12.0. The van der Waals surface area contributed by atoms with Crippen molar-refractivity contribution in [3.05, 3.63) is 35.4 Å². The number of methoxy groups -OCH3 is 2. The Balaban J connectivity index is 1.69. The number of unbranched alkanes of at least 4 members (excludes halogenated alkanes) is 3. The van der Waals surface area contributed by atoms with Crippen molar-refractivity contribution in [1.82, 2.24) is 30.2 Å². The predicted octanol–water partition coefficient (Wildman–Crippen LogP) is 7.43. The molecule has 1 aromatic rings. The number of imide groups is 1. The summed E-state index contributed by atoms with van der Waals surface area (Å²) >= 11 is 0.834. The molecule has 19 heteroatoms. The SMILES string of the molecule is CCCC[C](C)([AlH2])C1CC(=O)N(CCCCCC(=O)N(C)[C@H](C(=O)N[C@H](C(=O)N(C)[C@@H]([C@@H](C)CC)[C@@H](CC(=O)N2CCC[C@H]2[C@H](OC)[C@@H](C)C(=O)N[C@@H](Cc2ccc(C(C)C(P)CCC)cc2)C(=O)O)OC)C(C)C)C(C)C)C1=O. The van der Waals surface area contributed by atoms with Crippen LogP contribution >= 0.6 is 9.24 Å². The van der Waals surface area contributed by atoms with Crippen LogP contribution in [0.1, 0.15) is 183 Å². The molecule has 0 saturated carbocycles. The Morgan fingerprint density at radius 3 is 2.06 bits per heavy atom. The second-order valence-corrected chi connectivity index (χ2v) is 27.8. The quantitative estimate of drug-likeness (QED) is 0.0263. The molecule has 2 heterocycles. The number of hydrogen-bond donors (Lipinski definition) is 3. The Morgan fingerprint density at radius 1 is 0.863 bits per heavy atom. The van der Waals surface area contributed by atoms with E-state index in [4.69, 9.17) is 9.47 Å². The maximum absolute atomic E-state index is 14.8. The summed E-state index contributed by atoms with van der Waals surface area (Å²) in [6, 6.07) is 3.79. The number of aliphatic carboxylic acids is 1. The van der Waals surface area contributed by atoms with Crippen LogP contribution in [0, 0.1) is 29.6 Å². The summed E-state index contributed by atoms with van der Waals surface area (Å²) in [6.07, 6.45) is 7.77. The van der Waals surface area contributed by atoms with Gasteiger partial charge >= 0.3 is 5.97 Å². The van der Waals surface area contributed by atoms with Crippen molar-refractivity contribution in [1.29, 1.82) is 0 Å². The molecule has 3 N–H and O–H groups in total. The van der Waals surface area contributed by atoms with Gasteiger partial charge in [-0.3, -0.25) is 38.5 Å². The number of carboxylic acid groups (broad SMARTS) is 1. The molecule has 14 atom stereocenters. The molecule has 452 valence electrons. The molecule has 0 bridgehead atoms. The summed E-state index contributed by atoms with van der Waals surface area (Å²) in [7, 11) is 9.22. The van der Waals surface area contributed by atoms with Crippen molar-refractivity contribution in [3.8, 4) is 0 Å². The lowest BCUT2D eigenvalue weighted by molar-refractivity contribution is -0.149. The first kappa shape index (κ1) is 70.3. The minimum Gasteiger partial charge on any atom is -0.480 e. The maximum atomic E-state index is 14.8. The van der Waals surface area contributed by atoms with Crippen LogP contribution in [0.3, 0.4) is 0 Å². The largest absolute Gasteiger partial charge is 0.480 e. The third kappa shape index (κ3) is 19.0. The van der Waals surface area contributed by atoms with E-state index in [1.165, 1.54) is 29.6 Å². The smallest absolute Gasteiger partial charge is 0.326 e. The molecule has 7 amide bonds. The highest BCUT2D eigenvalue weighted by Gasteiger charge is 2.47. The zero-order valence-electron chi connectivity index (χ0n) is 51.8. The number of carboxylic acids is 1. The average molecular weight is 1160 g/mol. The van der Waals surface area contributed by atoms with Gasteiger partial charge in [-0.1, -0.05) is 143 Å². The second-order valence-electron chi connectivity index (χ2n) is 24.6. The standard InChI is InChI=1S/C61H102N6O11P.Al.2H/c1-16-19-25-40(9)45-35-51(69)67(59(45)73)32-22-20-21-27-50(68)64(12)54(38(6)7)58(72)63-53(37(4)5)60(74)65(13)55(39(8)18-3)48(77-14)36-52(70)66-33-23-26-47(66)56(78-15)42(11)57(71)62-46(61(75)76)34-43-28-30-44(31-29-43)41(10)49(79)24-17-2;;;/h28-31,37-39,41-42,45-49,53-56H,16-27,32-36,79H2,1-15H3,(H,62,71)(H,63,72)(H,75,76);;;/t39-,41?,42+,45?,46-,47-,48+,49?,53-,54-,55-,56+;;;/m0.../s1. The number of hydrogen-bond acceptors (Lipinski definition) is 10. The topological polar surface area (TPSA) is 212 Å². The van der Waals surface area contributed by atoms with Crippen molar-refractivity contribution >= 4 is 72.8 Å². The lowest BCUT2D eigenvalue weighted by Gasteiger charge is -2.41. The molecule has 2 fully saturated rings. The van der Waals surface area contributed by atoms with Gasteiger partial charge < -0.3 is 39.9 Å². The Morgan fingerprint density at radius 2 is 1.51 bits per heavy atom. The van der Waals surface area contributed by atoms with Crippen LogP contribution in [-0.4, -0.2) is 178 Å². The van der Waals surface area contributed by atoms with Crippen LogP contribution in [0.2, 0.25) is 4.28 Å². The third-order valence-corrected chi connectivity index (χ3v) is 19.8. The fourth-order valence-corrected chi connectivity index (χ4v) is 13.5. The normalized spacial score (nSPS) is 20.3. The van der Waals surface area contributed by atoms with Crippen LogP contribution in [0.25, 0.3) is 0 Å². The number of benzene rings is 1. The second kappa shape index (κ2) is 33.4. The van der Waals surface area contributed by atoms with Gasteiger partial charge in [0.25, 0.3) is 0 Å². The van der Waals surface area contributed by atoms with Crippen molar-refractivity contribution < 1.29 is 52.9 Å². The van der Waals surface area contributed by atoms with E-state index in [1.54, 1.807) is 30.8 Å². The Hall–Kier alpha value is -3.94. The molecule has 2 aliphatic rings. The highest BCUT2D eigenvalue weighted by molar-refractivity contribution is 7.17. The third-order valence-electron chi connectivity index (χ3n) is 17.7. The van der Waals surface area contributed by atoms with Gasteiger partial charge in [0.1, 0.15) is 18.1 Å². The summed E-state index contributed by atoms with van der Waals surface area (Å²) in [5, 5.41) is 16.0. The fourth-order valence-electron chi connectivity index (χ4n) is 12.1. The van der Waals surface area contributed by atoms with Gasteiger partial charge in [0.15, 0.2) is 0 Å². The number of likely N-dealkylation sites (tertiary alicyclic amines) is 2. The van der Waals surface area contributed by atoms with Gasteiger partial charge in [0.05, 0.1) is 36.6 Å². The number of carbonyl (C=O) groups is 8. The molecule has 5 unspecified atom stereocenters. The summed E-state index contributed by atoms with van der Waals surface area (Å²) in [5.74, 6) is -4.64. The van der Waals surface area contributed by atoms with Gasteiger partial charge in [-0.15, -0.1) is 9.24 Å². The minimum atomic E-state index is -1.18. The summed E-state index contributed by atoms with van der Waals surface area (Å²) in [6.45, 7) is 22.4. The Kier molecular flexibility index (Phi) is 29.3. The maximum Gasteiger partial charge on any atom is 0.326 e. The lowest BCUT2D eigenvalue weighted by atomic mass is 9.87. The van der Waals surface area contributed by atoms with E-state index in [9.17, 15) is 43.5 Å². The number of nitrogens with zero attached hydrogens (tertiary/aromatic N) is 4. The number of amides is 7. The lowest BCUT2D eigenvalue weighted by Crippen LogP contribution is -2.60. The molecule has 2 saturated heterocycles. The van der Waals surface area contributed by atoms with Gasteiger partial charge in [-0.25, -0.2) is 4.79 Å². The molecular formula is C61H104AlN6O11P. The first-order valence-electron chi connectivity index (χ1n) is 30.0. The molecule has 3 rings (SSSR count). The van der Waals surface area contributed by atoms with Crippen LogP contribution in [0.5, 0.6) is 0 Å². The molecule has 0 radical (unpaired) electrons. The minimum absolute atomic E-state index is 0.0668. The van der Waals surface area contributed by atoms with Gasteiger partial charge in [-0.05, 0) is 72.6 Å². The predicted molar refractivity (Wildman–Crippen MR) is 321 cm³/mol. The van der Waals surface area contributed by atoms with E-state index in [0.717, 1.165) is 54.0 Å². The molecule has 0 spiro atoms. The molecule has 2 aliphatic heterocycles. The highest BCUT2D eigenvalue weighted by atomic mass is 31.0. The van der Waals surface area contributed by atoms with Crippen LogP contribution in [0.15, 0.2) is 24.3 Å². The zero-order valence-corrected chi connectivity index (χ0v) is 55.0. The van der Waals surface area contributed by atoms with E-state index < -0.39 is 66.1 Å². The van der Waals surface area contributed by atoms with E-state index in [2.05, 4.69) is 47.6 Å². The monoisotopic (exact) mass is 1150 g/mol. The Labute approximate surface area is 490 Å². The number of nitrogens with one attached hydrogen (secondary N) is 2. The first-order chi connectivity index (χ1) is 37.6. The van der Waals surface area contributed by atoms with Crippen molar-refractivity contribution in [2.45, 2.75) is 231 Å². The highest BCUT2D eigenvalue weighted by Crippen LogP contribution is 2.43. The van der Waals surface area contributed by atoms with E-state index in [1.807, 2.05) is 65.8 Å². The first-order valence-corrected chi connectivity index (χ1v) is 31.7. The Bertz CT molecular complexity index is 2200. The van der Waals surface area contributed by atoms with Crippen molar-refractivity contribution in [3.63, 3.8) is 0 Å². The van der Waals surface area contributed by atoms with E-state index in [0.29, 0.717) is 63.2 Å². The summed E-state index contributed by atoms with van der Waals surface area (Å²) in [5.41, 5.74) is 2.38. The van der Waals surface area contributed by atoms with Gasteiger partial charge in [0, 0.05) is 66.6 Å². The molecular weight excluding hydrogens is 1050 g/mol. The number of carbonyl (C=O) groups excluding carboxylic acids is 7. The van der Waals surface area contributed by atoms with Gasteiger partial charge in [0.2, 0.25) is 57.6 Å². The van der Waals surface area contributed by atoms with E-state index >= 15 is 0 Å². The van der Waals surface area contributed by atoms with Crippen molar-refractivity contribution in [2.75, 3.05) is 41.4 Å². The molecule has 17 nitrogen and oxygen atoms in total. The average Bonchev–Trinajstić information content (AvgIpc) is 4.02. The zero-order chi connectivity index (χ0) is 60.3. The van der Waals surface area contributed by atoms with Crippen LogP contribution in [-0.2, 0) is 54.3 Å².